The van der Waals surface area contributed by atoms with Gasteiger partial charge in [-0.1, -0.05) is 12.1 Å². The molecule has 0 amide bonds. The normalized spacial score (nSPS) is 12.4. The fraction of sp³-hybridized carbons (Fsp3) is 0.462. The van der Waals surface area contributed by atoms with Gasteiger partial charge in [0.2, 0.25) is 0 Å². The Kier molecular flexibility index (Phi) is 4.11. The lowest BCUT2D eigenvalue weighted by molar-refractivity contribution is 0.411. The lowest BCUT2D eigenvalue weighted by atomic mass is 9.96. The zero-order chi connectivity index (χ0) is 13.8. The third-order valence-corrected chi connectivity index (χ3v) is 3.19. The summed E-state index contributed by atoms with van der Waals surface area (Å²) in [6.45, 7) is 2.81. The first-order valence-corrected chi connectivity index (χ1v) is 6.18. The molecule has 1 N–H and O–H groups in total. The molecule has 1 heterocycles. The maximum Gasteiger partial charge on any atom is 0.159 e. The SMILES string of the molecule is CNCC(c1ccc(OC)c(C)c1)c1nnnn1C. The Labute approximate surface area is 112 Å². The average Bonchev–Trinajstić information content (AvgIpc) is 2.82. The number of aromatic nitrogens is 4. The van der Waals surface area contributed by atoms with Crippen LogP contribution >= 0.6 is 0 Å². The molecular formula is C13H19N5O. The molecule has 0 saturated heterocycles. The van der Waals surface area contributed by atoms with Gasteiger partial charge in [0.1, 0.15) is 5.75 Å². The molecule has 6 heteroatoms. The van der Waals surface area contributed by atoms with Crippen molar-refractivity contribution in [1.82, 2.24) is 25.5 Å². The quantitative estimate of drug-likeness (QED) is 0.865. The van der Waals surface area contributed by atoms with Crippen molar-refractivity contribution in [3.8, 4) is 5.75 Å². The van der Waals surface area contributed by atoms with E-state index in [-0.39, 0.29) is 5.92 Å². The summed E-state index contributed by atoms with van der Waals surface area (Å²) in [4.78, 5) is 0. The van der Waals surface area contributed by atoms with Crippen LogP contribution in [0, 0.1) is 6.92 Å². The summed E-state index contributed by atoms with van der Waals surface area (Å²) in [5.41, 5.74) is 2.28. The lowest BCUT2D eigenvalue weighted by Gasteiger charge is -2.17. The largest absolute Gasteiger partial charge is 0.496 e. The molecule has 0 spiro atoms. The molecule has 0 aliphatic rings. The number of methoxy groups -OCH3 is 1. The fourth-order valence-electron chi connectivity index (χ4n) is 2.21. The van der Waals surface area contributed by atoms with Crippen LogP contribution in [0.2, 0.25) is 0 Å². The Bertz CT molecular complexity index is 552. The number of tetrazole rings is 1. The molecule has 1 aromatic heterocycles. The molecule has 1 aromatic carbocycles. The van der Waals surface area contributed by atoms with Crippen LogP contribution in [0.15, 0.2) is 18.2 Å². The van der Waals surface area contributed by atoms with Crippen molar-refractivity contribution in [2.24, 2.45) is 7.05 Å². The highest BCUT2D eigenvalue weighted by atomic mass is 16.5. The van der Waals surface area contributed by atoms with Crippen LogP contribution in [0.3, 0.4) is 0 Å². The van der Waals surface area contributed by atoms with E-state index in [1.54, 1.807) is 11.8 Å². The minimum absolute atomic E-state index is 0.120. The third-order valence-electron chi connectivity index (χ3n) is 3.19. The maximum absolute atomic E-state index is 5.29. The zero-order valence-corrected chi connectivity index (χ0v) is 11.7. The summed E-state index contributed by atoms with van der Waals surface area (Å²) >= 11 is 0. The smallest absolute Gasteiger partial charge is 0.159 e. The number of hydrogen-bond donors (Lipinski definition) is 1. The van der Waals surface area contributed by atoms with Crippen LogP contribution in [0.4, 0.5) is 0 Å². The molecule has 102 valence electrons. The molecule has 0 aliphatic heterocycles. The van der Waals surface area contributed by atoms with E-state index in [9.17, 15) is 0 Å². The monoisotopic (exact) mass is 261 g/mol. The average molecular weight is 261 g/mol. The number of rotatable bonds is 5. The van der Waals surface area contributed by atoms with E-state index >= 15 is 0 Å². The second-order valence-corrected chi connectivity index (χ2v) is 4.50. The van der Waals surface area contributed by atoms with Crippen molar-refractivity contribution < 1.29 is 4.74 Å². The summed E-state index contributed by atoms with van der Waals surface area (Å²) in [5, 5.41) is 14.9. The molecule has 0 aliphatic carbocycles. The van der Waals surface area contributed by atoms with Crippen molar-refractivity contribution in [1.29, 1.82) is 0 Å². The highest BCUT2D eigenvalue weighted by Gasteiger charge is 2.20. The molecule has 2 aromatic rings. The van der Waals surface area contributed by atoms with Crippen LogP contribution < -0.4 is 10.1 Å². The van der Waals surface area contributed by atoms with Gasteiger partial charge in [-0.2, -0.15) is 0 Å². The Morgan fingerprint density at radius 2 is 2.21 bits per heavy atom. The second kappa shape index (κ2) is 5.79. The molecule has 0 radical (unpaired) electrons. The van der Waals surface area contributed by atoms with E-state index in [0.717, 1.165) is 23.7 Å². The Morgan fingerprint density at radius 3 is 2.74 bits per heavy atom. The van der Waals surface area contributed by atoms with E-state index in [1.807, 2.05) is 27.1 Å². The van der Waals surface area contributed by atoms with Crippen molar-refractivity contribution in [2.45, 2.75) is 12.8 Å². The fourth-order valence-corrected chi connectivity index (χ4v) is 2.21. The summed E-state index contributed by atoms with van der Waals surface area (Å²) in [5.74, 6) is 1.86. The summed E-state index contributed by atoms with van der Waals surface area (Å²) in [6.07, 6.45) is 0. The first-order chi connectivity index (χ1) is 9.17. The van der Waals surface area contributed by atoms with Crippen molar-refractivity contribution in [3.63, 3.8) is 0 Å². The number of aryl methyl sites for hydroxylation is 2. The van der Waals surface area contributed by atoms with Crippen LogP contribution in [-0.4, -0.2) is 40.9 Å². The summed E-state index contributed by atoms with van der Waals surface area (Å²) < 4.78 is 7.00. The Morgan fingerprint density at radius 1 is 1.42 bits per heavy atom. The van der Waals surface area contributed by atoms with Gasteiger partial charge >= 0.3 is 0 Å². The molecule has 2 rings (SSSR count). The maximum atomic E-state index is 5.29. The van der Waals surface area contributed by atoms with E-state index < -0.39 is 0 Å². The van der Waals surface area contributed by atoms with Gasteiger partial charge in [0.15, 0.2) is 5.82 Å². The number of nitrogens with zero attached hydrogens (tertiary/aromatic N) is 4. The van der Waals surface area contributed by atoms with E-state index in [1.165, 1.54) is 5.56 Å². The minimum atomic E-state index is 0.120. The molecule has 19 heavy (non-hydrogen) atoms. The van der Waals surface area contributed by atoms with Crippen LogP contribution in [0.25, 0.3) is 0 Å². The van der Waals surface area contributed by atoms with Gasteiger partial charge in [-0.3, -0.25) is 0 Å². The van der Waals surface area contributed by atoms with Crippen LogP contribution in [0.5, 0.6) is 5.75 Å². The zero-order valence-electron chi connectivity index (χ0n) is 11.7. The van der Waals surface area contributed by atoms with E-state index in [4.69, 9.17) is 4.74 Å². The van der Waals surface area contributed by atoms with Gasteiger partial charge in [-0.15, -0.1) is 5.10 Å². The van der Waals surface area contributed by atoms with Gasteiger partial charge in [-0.05, 0) is 41.6 Å². The predicted molar refractivity (Wildman–Crippen MR) is 72.3 cm³/mol. The van der Waals surface area contributed by atoms with Gasteiger partial charge < -0.3 is 10.1 Å². The van der Waals surface area contributed by atoms with Gasteiger partial charge in [-0.25, -0.2) is 4.68 Å². The number of nitrogens with one attached hydrogen (secondary N) is 1. The highest BCUT2D eigenvalue weighted by Crippen LogP contribution is 2.26. The molecule has 1 atom stereocenters. The molecule has 0 fully saturated rings. The first-order valence-electron chi connectivity index (χ1n) is 6.18. The molecular weight excluding hydrogens is 242 g/mol. The van der Waals surface area contributed by atoms with Gasteiger partial charge in [0.25, 0.3) is 0 Å². The Balaban J connectivity index is 2.39. The highest BCUT2D eigenvalue weighted by molar-refractivity contribution is 5.39. The minimum Gasteiger partial charge on any atom is -0.496 e. The van der Waals surface area contributed by atoms with E-state index in [2.05, 4.69) is 33.0 Å². The number of likely N-dealkylation sites (N-methyl/N-ethyl adjacent to an activating group) is 1. The van der Waals surface area contributed by atoms with Crippen molar-refractivity contribution in [2.75, 3.05) is 20.7 Å². The van der Waals surface area contributed by atoms with Crippen LogP contribution in [0.1, 0.15) is 22.9 Å². The van der Waals surface area contributed by atoms with Gasteiger partial charge in [0.05, 0.1) is 13.0 Å². The number of hydrogen-bond acceptors (Lipinski definition) is 5. The molecule has 6 nitrogen and oxygen atoms in total. The van der Waals surface area contributed by atoms with Crippen molar-refractivity contribution >= 4 is 0 Å². The Hall–Kier alpha value is -1.95. The molecule has 0 saturated carbocycles. The second-order valence-electron chi connectivity index (χ2n) is 4.50. The van der Waals surface area contributed by atoms with E-state index in [0.29, 0.717) is 0 Å². The molecule has 0 bridgehead atoms. The van der Waals surface area contributed by atoms with Crippen molar-refractivity contribution in [3.05, 3.63) is 35.2 Å². The first kappa shape index (κ1) is 13.5. The molecule has 1 unspecified atom stereocenters. The summed E-state index contributed by atoms with van der Waals surface area (Å²) in [6, 6.07) is 6.16. The third kappa shape index (κ3) is 2.73. The predicted octanol–water partition coefficient (Wildman–Crippen LogP) is 0.878. The summed E-state index contributed by atoms with van der Waals surface area (Å²) in [7, 11) is 5.46. The number of benzene rings is 1. The van der Waals surface area contributed by atoms with Gasteiger partial charge in [0, 0.05) is 13.6 Å². The standard InChI is InChI=1S/C13H19N5O/c1-9-7-10(5-6-12(9)19-4)11(8-14-2)13-15-16-17-18(13)3/h5-7,11,14H,8H2,1-4H3. The number of ether oxygens (including phenoxy) is 1. The lowest BCUT2D eigenvalue weighted by Crippen LogP contribution is -2.21. The van der Waals surface area contributed by atoms with Crippen LogP contribution in [-0.2, 0) is 7.05 Å². The topological polar surface area (TPSA) is 64.9 Å².